The van der Waals surface area contributed by atoms with E-state index in [1.807, 2.05) is 42.5 Å². The summed E-state index contributed by atoms with van der Waals surface area (Å²) < 4.78 is 4.19. The van der Waals surface area contributed by atoms with E-state index in [-0.39, 0.29) is 13.2 Å². The highest BCUT2D eigenvalue weighted by molar-refractivity contribution is 5.74. The minimum atomic E-state index is -0.432. The van der Waals surface area contributed by atoms with Crippen molar-refractivity contribution in [2.45, 2.75) is 6.54 Å². The van der Waals surface area contributed by atoms with E-state index in [0.29, 0.717) is 23.7 Å². The maximum atomic E-state index is 12.9. The molecule has 2 aromatic heterocycles. The van der Waals surface area contributed by atoms with Crippen LogP contribution in [0, 0.1) is 0 Å². The molecule has 30 heavy (non-hydrogen) atoms. The van der Waals surface area contributed by atoms with Crippen molar-refractivity contribution in [2.24, 2.45) is 14.1 Å². The van der Waals surface area contributed by atoms with Crippen LogP contribution in [0.2, 0.25) is 0 Å². The van der Waals surface area contributed by atoms with Crippen LogP contribution >= 0.6 is 0 Å². The highest BCUT2D eigenvalue weighted by atomic mass is 16.3. The van der Waals surface area contributed by atoms with Crippen LogP contribution in [0.4, 0.5) is 5.95 Å². The van der Waals surface area contributed by atoms with Gasteiger partial charge in [0.1, 0.15) is 0 Å². The molecule has 0 radical (unpaired) electrons. The summed E-state index contributed by atoms with van der Waals surface area (Å²) in [6.45, 7) is 0.600. The molecule has 0 saturated heterocycles. The molecule has 8 heteroatoms. The Kier molecular flexibility index (Phi) is 5.24. The lowest BCUT2D eigenvalue weighted by atomic mass is 10.0. The molecule has 2 N–H and O–H groups in total. The van der Waals surface area contributed by atoms with E-state index in [0.717, 1.165) is 21.3 Å². The summed E-state index contributed by atoms with van der Waals surface area (Å²) in [5.41, 5.74) is 3.03. The molecule has 0 unspecified atom stereocenters. The number of fused-ring (bicyclic) bond motifs is 1. The number of imidazole rings is 1. The zero-order chi connectivity index (χ0) is 21.3. The van der Waals surface area contributed by atoms with Crippen molar-refractivity contribution < 1.29 is 5.11 Å². The van der Waals surface area contributed by atoms with Crippen LogP contribution in [0.1, 0.15) is 5.56 Å². The molecule has 0 bridgehead atoms. The van der Waals surface area contributed by atoms with Gasteiger partial charge in [-0.25, -0.2) is 4.79 Å². The van der Waals surface area contributed by atoms with Gasteiger partial charge in [0, 0.05) is 20.6 Å². The normalized spacial score (nSPS) is 11.2. The van der Waals surface area contributed by atoms with Crippen LogP contribution in [0.3, 0.4) is 0 Å². The second-order valence-corrected chi connectivity index (χ2v) is 7.11. The summed E-state index contributed by atoms with van der Waals surface area (Å²) in [4.78, 5) is 29.6. The van der Waals surface area contributed by atoms with Crippen molar-refractivity contribution in [3.05, 3.63) is 81.0 Å². The molecule has 0 aliphatic rings. The molecule has 0 aliphatic carbocycles. The summed E-state index contributed by atoms with van der Waals surface area (Å²) in [6.07, 6.45) is 0. The molecule has 4 rings (SSSR count). The number of aliphatic hydroxyl groups is 1. The van der Waals surface area contributed by atoms with Gasteiger partial charge in [-0.2, -0.15) is 4.98 Å². The molecule has 2 aromatic carbocycles. The van der Waals surface area contributed by atoms with E-state index < -0.39 is 11.2 Å². The van der Waals surface area contributed by atoms with Crippen LogP contribution in [-0.2, 0) is 20.6 Å². The second kappa shape index (κ2) is 8.00. The number of aryl methyl sites for hydroxylation is 1. The standard InChI is InChI=1S/C22H23N5O3/c1-25-19-18(20(29)26(2)22(25)30)27(21(24-19)23-12-13-28)14-15-8-10-17(11-9-15)16-6-4-3-5-7-16/h3-11,28H,12-14H2,1-2H3,(H,23,24). The highest BCUT2D eigenvalue weighted by Crippen LogP contribution is 2.22. The predicted molar refractivity (Wildman–Crippen MR) is 117 cm³/mol. The van der Waals surface area contributed by atoms with E-state index >= 15 is 0 Å². The minimum absolute atomic E-state index is 0.0775. The third kappa shape index (κ3) is 3.42. The van der Waals surface area contributed by atoms with E-state index in [9.17, 15) is 14.7 Å². The van der Waals surface area contributed by atoms with Gasteiger partial charge in [-0.1, -0.05) is 54.6 Å². The van der Waals surface area contributed by atoms with Crippen LogP contribution in [0.5, 0.6) is 0 Å². The van der Waals surface area contributed by atoms with Crippen LogP contribution in [0.25, 0.3) is 22.3 Å². The zero-order valence-electron chi connectivity index (χ0n) is 16.9. The molecule has 0 saturated carbocycles. The predicted octanol–water partition coefficient (Wildman–Crippen LogP) is 1.55. The maximum Gasteiger partial charge on any atom is 0.332 e. The molecule has 0 fully saturated rings. The summed E-state index contributed by atoms with van der Waals surface area (Å²) in [5, 5.41) is 12.2. The molecule has 4 aromatic rings. The fourth-order valence-corrected chi connectivity index (χ4v) is 3.52. The Bertz CT molecular complexity index is 1300. The quantitative estimate of drug-likeness (QED) is 0.508. The SMILES string of the molecule is Cn1c(=O)c2c(nc(NCCO)n2Cc2ccc(-c3ccccc3)cc2)n(C)c1=O. The van der Waals surface area contributed by atoms with Crippen molar-refractivity contribution in [2.75, 3.05) is 18.5 Å². The Balaban J connectivity index is 1.79. The molecule has 0 aliphatic heterocycles. The summed E-state index contributed by atoms with van der Waals surface area (Å²) in [7, 11) is 3.04. The van der Waals surface area contributed by atoms with Crippen molar-refractivity contribution in [3.63, 3.8) is 0 Å². The fourth-order valence-electron chi connectivity index (χ4n) is 3.52. The van der Waals surface area contributed by atoms with Gasteiger partial charge in [0.25, 0.3) is 5.56 Å². The first kappa shape index (κ1) is 19.7. The first-order valence-electron chi connectivity index (χ1n) is 9.66. The van der Waals surface area contributed by atoms with Gasteiger partial charge in [0.05, 0.1) is 13.2 Å². The van der Waals surface area contributed by atoms with E-state index in [1.165, 1.54) is 11.6 Å². The lowest BCUT2D eigenvalue weighted by molar-refractivity contribution is 0.310. The maximum absolute atomic E-state index is 12.9. The lowest BCUT2D eigenvalue weighted by Gasteiger charge is -2.11. The Morgan fingerprint density at radius 1 is 0.933 bits per heavy atom. The number of anilines is 1. The van der Waals surface area contributed by atoms with Gasteiger partial charge in [-0.3, -0.25) is 18.5 Å². The summed E-state index contributed by atoms with van der Waals surface area (Å²) in [6, 6.07) is 18.2. The first-order valence-corrected chi connectivity index (χ1v) is 9.66. The van der Waals surface area contributed by atoms with Gasteiger partial charge in [-0.15, -0.1) is 0 Å². The number of nitrogens with one attached hydrogen (secondary N) is 1. The molecular formula is C22H23N5O3. The first-order chi connectivity index (χ1) is 14.5. The molecule has 0 amide bonds. The Morgan fingerprint density at radius 2 is 1.60 bits per heavy atom. The number of nitrogens with zero attached hydrogens (tertiary/aromatic N) is 4. The third-order valence-corrected chi connectivity index (χ3v) is 5.14. The van der Waals surface area contributed by atoms with Gasteiger partial charge in [0.15, 0.2) is 11.2 Å². The Labute approximate surface area is 172 Å². The Morgan fingerprint density at radius 3 is 2.27 bits per heavy atom. The van der Waals surface area contributed by atoms with Gasteiger partial charge in [0.2, 0.25) is 5.95 Å². The molecule has 154 valence electrons. The fraction of sp³-hybridized carbons (Fsp3) is 0.227. The third-order valence-electron chi connectivity index (χ3n) is 5.14. The van der Waals surface area contributed by atoms with E-state index in [1.54, 1.807) is 11.6 Å². The number of rotatable bonds is 6. The average molecular weight is 405 g/mol. The summed E-state index contributed by atoms with van der Waals surface area (Å²) >= 11 is 0. The van der Waals surface area contributed by atoms with Crippen LogP contribution < -0.4 is 16.6 Å². The van der Waals surface area contributed by atoms with Crippen molar-refractivity contribution >= 4 is 17.1 Å². The zero-order valence-corrected chi connectivity index (χ0v) is 16.9. The number of aliphatic hydroxyl groups excluding tert-OH is 1. The summed E-state index contributed by atoms with van der Waals surface area (Å²) in [5.74, 6) is 0.435. The lowest BCUT2D eigenvalue weighted by Crippen LogP contribution is -2.37. The number of aromatic nitrogens is 4. The van der Waals surface area contributed by atoms with Crippen LogP contribution in [-0.4, -0.2) is 36.9 Å². The molecule has 0 atom stereocenters. The number of hydrogen-bond donors (Lipinski definition) is 2. The van der Waals surface area contributed by atoms with Crippen molar-refractivity contribution in [1.82, 2.24) is 18.7 Å². The van der Waals surface area contributed by atoms with Gasteiger partial charge >= 0.3 is 5.69 Å². The minimum Gasteiger partial charge on any atom is -0.395 e. The molecule has 0 spiro atoms. The van der Waals surface area contributed by atoms with Crippen molar-refractivity contribution in [3.8, 4) is 11.1 Å². The van der Waals surface area contributed by atoms with Gasteiger partial charge < -0.3 is 10.4 Å². The topological polar surface area (TPSA) is 94.1 Å². The number of hydrogen-bond acceptors (Lipinski definition) is 5. The van der Waals surface area contributed by atoms with Crippen molar-refractivity contribution in [1.29, 1.82) is 0 Å². The smallest absolute Gasteiger partial charge is 0.332 e. The monoisotopic (exact) mass is 405 g/mol. The molecule has 8 nitrogen and oxygen atoms in total. The van der Waals surface area contributed by atoms with E-state index in [4.69, 9.17) is 0 Å². The van der Waals surface area contributed by atoms with Gasteiger partial charge in [-0.05, 0) is 16.7 Å². The van der Waals surface area contributed by atoms with Crippen LogP contribution in [0.15, 0.2) is 64.2 Å². The van der Waals surface area contributed by atoms with E-state index in [2.05, 4.69) is 22.4 Å². The molecular weight excluding hydrogens is 382 g/mol. The number of benzene rings is 2. The molecule has 2 heterocycles. The highest BCUT2D eigenvalue weighted by Gasteiger charge is 2.19. The largest absolute Gasteiger partial charge is 0.395 e. The average Bonchev–Trinajstić information content (AvgIpc) is 3.14. The second-order valence-electron chi connectivity index (χ2n) is 7.11. The Hall–Kier alpha value is -3.65.